The van der Waals surface area contributed by atoms with Crippen molar-refractivity contribution in [1.29, 1.82) is 0 Å². The van der Waals surface area contributed by atoms with Crippen LogP contribution >= 0.6 is 0 Å². The summed E-state index contributed by atoms with van der Waals surface area (Å²) in [6.45, 7) is 11.3. The van der Waals surface area contributed by atoms with E-state index >= 15 is 0 Å². The molecule has 1 heterocycles. The first-order valence-electron chi connectivity index (χ1n) is 9.90. The first-order chi connectivity index (χ1) is 13.0. The molecule has 2 aromatic carbocycles. The maximum Gasteiger partial charge on any atom is 0.0707 e. The average molecular weight is 359 g/mol. The van der Waals surface area contributed by atoms with Crippen LogP contribution < -0.4 is 4.90 Å². The molecule has 2 nitrogen and oxygen atoms in total. The number of aromatic nitrogens is 1. The number of hydrogen-bond acceptors (Lipinski definition) is 2. The van der Waals surface area contributed by atoms with Crippen molar-refractivity contribution in [2.75, 3.05) is 18.0 Å². The molecule has 140 valence electrons. The van der Waals surface area contributed by atoms with Crippen molar-refractivity contribution in [3.05, 3.63) is 71.9 Å². The molecule has 1 aromatic heterocycles. The fourth-order valence-electron chi connectivity index (χ4n) is 3.41. The Kier molecular flexibility index (Phi) is 6.28. The summed E-state index contributed by atoms with van der Waals surface area (Å²) < 4.78 is 0. The molecule has 3 aromatic rings. The van der Waals surface area contributed by atoms with E-state index in [0.717, 1.165) is 18.6 Å². The summed E-state index contributed by atoms with van der Waals surface area (Å²) in [5, 5.41) is 1.19. The van der Waals surface area contributed by atoms with Crippen LogP contribution in [0.15, 0.2) is 60.8 Å². The molecular weight excluding hydrogens is 328 g/mol. The van der Waals surface area contributed by atoms with Gasteiger partial charge in [0.15, 0.2) is 0 Å². The van der Waals surface area contributed by atoms with Crippen LogP contribution in [0.3, 0.4) is 0 Å². The molecule has 0 aliphatic rings. The van der Waals surface area contributed by atoms with Crippen LogP contribution in [0.2, 0.25) is 0 Å². The third-order valence-corrected chi connectivity index (χ3v) is 4.57. The van der Waals surface area contributed by atoms with Gasteiger partial charge in [0, 0.05) is 30.4 Å². The molecule has 0 unspecified atom stereocenters. The molecule has 0 N–H and O–H groups in total. The van der Waals surface area contributed by atoms with Gasteiger partial charge in [-0.15, -0.1) is 0 Å². The average Bonchev–Trinajstić information content (AvgIpc) is 2.65. The zero-order valence-electron chi connectivity index (χ0n) is 16.9. The van der Waals surface area contributed by atoms with Gasteiger partial charge < -0.3 is 4.90 Å². The quantitative estimate of drug-likeness (QED) is 0.478. The topological polar surface area (TPSA) is 16.1 Å². The van der Waals surface area contributed by atoms with Crippen LogP contribution in [0.4, 0.5) is 5.69 Å². The van der Waals surface area contributed by atoms with E-state index in [-0.39, 0.29) is 0 Å². The minimum absolute atomic E-state index is 0.656. The number of fused-ring (bicyclic) bond motifs is 1. The van der Waals surface area contributed by atoms with Gasteiger partial charge in [-0.3, -0.25) is 4.98 Å². The molecule has 0 radical (unpaired) electrons. The van der Waals surface area contributed by atoms with Crippen LogP contribution in [-0.2, 0) is 0 Å². The smallest absolute Gasteiger partial charge is 0.0707 e. The van der Waals surface area contributed by atoms with E-state index in [1.165, 1.54) is 22.2 Å². The van der Waals surface area contributed by atoms with Crippen molar-refractivity contribution in [2.24, 2.45) is 11.8 Å². The number of benzene rings is 2. The molecule has 0 aliphatic carbocycles. The van der Waals surface area contributed by atoms with Crippen molar-refractivity contribution in [3.8, 4) is 0 Å². The summed E-state index contributed by atoms with van der Waals surface area (Å²) in [5.74, 6) is 1.31. The summed E-state index contributed by atoms with van der Waals surface area (Å²) in [5.41, 5.74) is 4.76. The third-order valence-electron chi connectivity index (χ3n) is 4.57. The Balaban J connectivity index is 1.79. The summed E-state index contributed by atoms with van der Waals surface area (Å²) in [6.07, 6.45) is 6.24. The van der Waals surface area contributed by atoms with Crippen LogP contribution in [0, 0.1) is 11.8 Å². The molecular formula is C25H30N2. The molecule has 0 saturated heterocycles. The Morgan fingerprint density at radius 2 is 1.48 bits per heavy atom. The van der Waals surface area contributed by atoms with E-state index in [9.17, 15) is 0 Å². The van der Waals surface area contributed by atoms with Gasteiger partial charge >= 0.3 is 0 Å². The van der Waals surface area contributed by atoms with Crippen LogP contribution in [0.25, 0.3) is 23.1 Å². The van der Waals surface area contributed by atoms with E-state index in [4.69, 9.17) is 0 Å². The largest absolute Gasteiger partial charge is 0.371 e. The van der Waals surface area contributed by atoms with Gasteiger partial charge in [-0.25, -0.2) is 0 Å². The van der Waals surface area contributed by atoms with Crippen LogP contribution in [0.5, 0.6) is 0 Å². The Bertz CT molecular complexity index is 876. The fourth-order valence-corrected chi connectivity index (χ4v) is 3.41. The molecule has 3 rings (SSSR count). The number of para-hydroxylation sites is 1. The molecule has 0 atom stereocenters. The van der Waals surface area contributed by atoms with Crippen molar-refractivity contribution in [3.63, 3.8) is 0 Å². The predicted octanol–water partition coefficient (Wildman–Crippen LogP) is 6.52. The number of anilines is 1. The minimum atomic E-state index is 0.656. The van der Waals surface area contributed by atoms with Crippen LogP contribution in [-0.4, -0.2) is 18.1 Å². The number of pyridine rings is 1. The van der Waals surface area contributed by atoms with Crippen molar-refractivity contribution >= 4 is 28.7 Å². The second-order valence-electron chi connectivity index (χ2n) is 8.03. The highest BCUT2D eigenvalue weighted by Gasteiger charge is 2.10. The highest BCUT2D eigenvalue weighted by molar-refractivity contribution is 5.90. The predicted molar refractivity (Wildman–Crippen MR) is 119 cm³/mol. The number of nitrogens with zero attached hydrogens (tertiary/aromatic N) is 2. The lowest BCUT2D eigenvalue weighted by Gasteiger charge is -2.28. The first kappa shape index (κ1) is 19.2. The normalized spacial score (nSPS) is 11.8. The van der Waals surface area contributed by atoms with Crippen molar-refractivity contribution in [1.82, 2.24) is 4.98 Å². The highest BCUT2D eigenvalue weighted by atomic mass is 15.1. The molecule has 0 fully saturated rings. The summed E-state index contributed by atoms with van der Waals surface area (Å²) in [7, 11) is 0. The van der Waals surface area contributed by atoms with E-state index < -0.39 is 0 Å². The zero-order valence-corrected chi connectivity index (χ0v) is 16.9. The Labute approximate surface area is 163 Å². The molecule has 0 saturated carbocycles. The fraction of sp³-hybridized carbons (Fsp3) is 0.320. The summed E-state index contributed by atoms with van der Waals surface area (Å²) in [4.78, 5) is 6.93. The SMILES string of the molecule is CC(C)CN(CC(C)C)c1ccc(/C=C\c2ccnc3ccccc23)cc1. The van der Waals surface area contributed by atoms with Gasteiger partial charge in [-0.05, 0) is 47.2 Å². The van der Waals surface area contributed by atoms with Gasteiger partial charge in [0.2, 0.25) is 0 Å². The molecule has 0 spiro atoms. The molecule has 0 amide bonds. The monoisotopic (exact) mass is 358 g/mol. The lowest BCUT2D eigenvalue weighted by molar-refractivity contribution is 0.553. The van der Waals surface area contributed by atoms with Gasteiger partial charge in [0.1, 0.15) is 0 Å². The lowest BCUT2D eigenvalue weighted by atomic mass is 10.1. The lowest BCUT2D eigenvalue weighted by Crippen LogP contribution is -2.31. The zero-order chi connectivity index (χ0) is 19.2. The van der Waals surface area contributed by atoms with Crippen molar-refractivity contribution in [2.45, 2.75) is 27.7 Å². The standard InChI is InChI=1S/C25H30N2/c1-19(2)17-27(18-20(3)4)23-13-10-21(11-14-23)9-12-22-15-16-26-25-8-6-5-7-24(22)25/h5-16,19-20H,17-18H2,1-4H3/b12-9-. The Morgan fingerprint density at radius 1 is 0.815 bits per heavy atom. The highest BCUT2D eigenvalue weighted by Crippen LogP contribution is 2.21. The van der Waals surface area contributed by atoms with Crippen molar-refractivity contribution < 1.29 is 0 Å². The van der Waals surface area contributed by atoms with Crippen LogP contribution in [0.1, 0.15) is 38.8 Å². The number of rotatable bonds is 7. The molecule has 27 heavy (non-hydrogen) atoms. The maximum absolute atomic E-state index is 4.44. The molecule has 0 bridgehead atoms. The van der Waals surface area contributed by atoms with E-state index in [1.54, 1.807) is 0 Å². The van der Waals surface area contributed by atoms with Gasteiger partial charge in [-0.1, -0.05) is 70.2 Å². The molecule has 2 heteroatoms. The van der Waals surface area contributed by atoms with Gasteiger partial charge in [0.25, 0.3) is 0 Å². The molecule has 0 aliphatic heterocycles. The minimum Gasteiger partial charge on any atom is -0.371 e. The third kappa shape index (κ3) is 5.19. The first-order valence-corrected chi connectivity index (χ1v) is 9.90. The Hall–Kier alpha value is -2.61. The van der Waals surface area contributed by atoms with E-state index in [1.807, 2.05) is 12.3 Å². The van der Waals surface area contributed by atoms with Gasteiger partial charge in [-0.2, -0.15) is 0 Å². The van der Waals surface area contributed by atoms with E-state index in [2.05, 4.69) is 98.3 Å². The summed E-state index contributed by atoms with van der Waals surface area (Å²) in [6, 6.07) is 19.3. The second kappa shape index (κ2) is 8.85. The number of hydrogen-bond donors (Lipinski definition) is 0. The van der Waals surface area contributed by atoms with Gasteiger partial charge in [0.05, 0.1) is 5.52 Å². The second-order valence-corrected chi connectivity index (χ2v) is 8.03. The van der Waals surface area contributed by atoms with E-state index in [0.29, 0.717) is 11.8 Å². The summed E-state index contributed by atoms with van der Waals surface area (Å²) >= 11 is 0. The maximum atomic E-state index is 4.44. The Morgan fingerprint density at radius 3 is 2.15 bits per heavy atom.